The van der Waals surface area contributed by atoms with Gasteiger partial charge in [-0.25, -0.2) is 9.59 Å². The molecule has 0 bridgehead atoms. The molecule has 0 saturated carbocycles. The molecule has 212 valence electrons. The zero-order chi connectivity index (χ0) is 28.9. The molecular weight excluding hydrogens is 533 g/mol. The Balaban J connectivity index is 1.49. The molecule has 0 unspecified atom stereocenters. The first-order chi connectivity index (χ1) is 19.1. The second-order valence-electron chi connectivity index (χ2n) is 9.05. The lowest BCUT2D eigenvalue weighted by Crippen LogP contribution is -2.49. The summed E-state index contributed by atoms with van der Waals surface area (Å²) in [5.41, 5.74) is 0.334. The standard InChI is InChI=1S/C28H27F3N2O7/c1-37-20-10-7-17-14-24(38-2)21(13-18(17)12-20)26(35)40-23-4-3-11-32-15-22(23)33-25(34)16-5-8-19(9-6-16)39-27(36)28(29,30)31/h5-10,12-14,22-23,32H,3-4,11,15H2,1-2H3,(H,33,34)/t22-,23-/m1/s1. The lowest BCUT2D eigenvalue weighted by atomic mass is 10.0. The van der Waals surface area contributed by atoms with Crippen LogP contribution in [0.2, 0.25) is 0 Å². The van der Waals surface area contributed by atoms with Crippen molar-refractivity contribution in [2.75, 3.05) is 27.3 Å². The summed E-state index contributed by atoms with van der Waals surface area (Å²) in [6.07, 6.45) is -4.65. The summed E-state index contributed by atoms with van der Waals surface area (Å²) in [5.74, 6) is -2.92. The van der Waals surface area contributed by atoms with Crippen LogP contribution in [0, 0.1) is 0 Å². The van der Waals surface area contributed by atoms with Crippen molar-refractivity contribution in [3.63, 3.8) is 0 Å². The minimum Gasteiger partial charge on any atom is -0.497 e. The molecule has 0 aliphatic carbocycles. The molecule has 1 amide bonds. The molecule has 12 heteroatoms. The van der Waals surface area contributed by atoms with Crippen molar-refractivity contribution in [1.29, 1.82) is 0 Å². The van der Waals surface area contributed by atoms with Crippen LogP contribution in [0.4, 0.5) is 13.2 Å². The average Bonchev–Trinajstić information content (AvgIpc) is 3.16. The Labute approximate surface area is 227 Å². The maximum absolute atomic E-state index is 13.3. The number of methoxy groups -OCH3 is 2. The van der Waals surface area contributed by atoms with Crippen molar-refractivity contribution in [1.82, 2.24) is 10.6 Å². The van der Waals surface area contributed by atoms with E-state index < -0.39 is 36.2 Å². The predicted octanol–water partition coefficient (Wildman–Crippen LogP) is 4.03. The molecule has 2 atom stereocenters. The molecule has 1 heterocycles. The second-order valence-corrected chi connectivity index (χ2v) is 9.05. The predicted molar refractivity (Wildman–Crippen MR) is 138 cm³/mol. The van der Waals surface area contributed by atoms with E-state index in [1.165, 1.54) is 19.2 Å². The van der Waals surface area contributed by atoms with Gasteiger partial charge in [0, 0.05) is 12.1 Å². The molecule has 1 aliphatic rings. The molecule has 3 aromatic carbocycles. The van der Waals surface area contributed by atoms with Gasteiger partial charge in [-0.1, -0.05) is 6.07 Å². The number of esters is 2. The molecule has 4 rings (SSSR count). The zero-order valence-electron chi connectivity index (χ0n) is 21.7. The van der Waals surface area contributed by atoms with E-state index >= 15 is 0 Å². The number of benzene rings is 3. The minimum absolute atomic E-state index is 0.117. The highest BCUT2D eigenvalue weighted by Gasteiger charge is 2.41. The topological polar surface area (TPSA) is 112 Å². The van der Waals surface area contributed by atoms with Crippen LogP contribution in [-0.2, 0) is 9.53 Å². The van der Waals surface area contributed by atoms with Gasteiger partial charge in [0.1, 0.15) is 28.9 Å². The molecule has 2 N–H and O–H groups in total. The monoisotopic (exact) mass is 560 g/mol. The van der Waals surface area contributed by atoms with Crippen molar-refractivity contribution in [3.05, 3.63) is 65.7 Å². The van der Waals surface area contributed by atoms with E-state index in [0.29, 0.717) is 37.4 Å². The van der Waals surface area contributed by atoms with E-state index in [2.05, 4.69) is 15.4 Å². The van der Waals surface area contributed by atoms with Crippen molar-refractivity contribution < 1.29 is 46.5 Å². The highest BCUT2D eigenvalue weighted by atomic mass is 19.4. The van der Waals surface area contributed by atoms with Crippen LogP contribution < -0.4 is 24.8 Å². The third kappa shape index (κ3) is 6.81. The minimum atomic E-state index is -5.14. The van der Waals surface area contributed by atoms with Gasteiger partial charge in [0.05, 0.1) is 20.3 Å². The molecule has 0 radical (unpaired) electrons. The summed E-state index contributed by atoms with van der Waals surface area (Å²) >= 11 is 0. The van der Waals surface area contributed by atoms with Gasteiger partial charge in [0.25, 0.3) is 5.91 Å². The summed E-state index contributed by atoms with van der Waals surface area (Å²) in [5, 5.41) is 7.62. The van der Waals surface area contributed by atoms with Crippen molar-refractivity contribution in [2.45, 2.75) is 31.2 Å². The molecule has 0 aromatic heterocycles. The first-order valence-corrected chi connectivity index (χ1v) is 12.4. The Hall–Kier alpha value is -4.32. The van der Waals surface area contributed by atoms with E-state index in [1.54, 1.807) is 31.4 Å². The first kappa shape index (κ1) is 28.7. The van der Waals surface area contributed by atoms with E-state index in [-0.39, 0.29) is 16.9 Å². The summed E-state index contributed by atoms with van der Waals surface area (Å²) in [7, 11) is 3.00. The lowest BCUT2D eigenvalue weighted by Gasteiger charge is -2.26. The normalized spacial score (nSPS) is 17.4. The number of halogens is 3. The zero-order valence-corrected chi connectivity index (χ0v) is 21.7. The molecule has 9 nitrogen and oxygen atoms in total. The van der Waals surface area contributed by atoms with E-state index in [0.717, 1.165) is 22.9 Å². The maximum Gasteiger partial charge on any atom is 0.491 e. The number of amides is 1. The maximum atomic E-state index is 13.3. The number of carbonyl (C=O) groups excluding carboxylic acids is 3. The molecule has 1 fully saturated rings. The molecular formula is C28H27F3N2O7. The highest BCUT2D eigenvalue weighted by Crippen LogP contribution is 2.30. The fourth-order valence-electron chi connectivity index (χ4n) is 4.31. The highest BCUT2D eigenvalue weighted by molar-refractivity contribution is 5.99. The van der Waals surface area contributed by atoms with Crippen molar-refractivity contribution >= 4 is 28.6 Å². The van der Waals surface area contributed by atoms with Crippen LogP contribution in [0.25, 0.3) is 10.8 Å². The third-order valence-corrected chi connectivity index (χ3v) is 6.37. The van der Waals surface area contributed by atoms with E-state index in [4.69, 9.17) is 14.2 Å². The van der Waals surface area contributed by atoms with Crippen LogP contribution >= 0.6 is 0 Å². The average molecular weight is 561 g/mol. The molecule has 40 heavy (non-hydrogen) atoms. The van der Waals surface area contributed by atoms with Crippen LogP contribution in [0.3, 0.4) is 0 Å². The number of rotatable bonds is 7. The van der Waals surface area contributed by atoms with Gasteiger partial charge >= 0.3 is 18.1 Å². The van der Waals surface area contributed by atoms with Crippen LogP contribution in [0.15, 0.2) is 54.6 Å². The molecule has 0 spiro atoms. The molecule has 1 aliphatic heterocycles. The Morgan fingerprint density at radius 2 is 1.65 bits per heavy atom. The fraction of sp³-hybridized carbons (Fsp3) is 0.321. The summed E-state index contributed by atoms with van der Waals surface area (Å²) in [6.45, 7) is 0.968. The number of hydrogen-bond donors (Lipinski definition) is 2. The van der Waals surface area contributed by atoms with Gasteiger partial charge in [-0.15, -0.1) is 0 Å². The summed E-state index contributed by atoms with van der Waals surface area (Å²) in [6, 6.07) is 12.9. The van der Waals surface area contributed by atoms with E-state index in [1.807, 2.05) is 6.07 Å². The number of ether oxygens (including phenoxy) is 4. The fourth-order valence-corrected chi connectivity index (χ4v) is 4.31. The van der Waals surface area contributed by atoms with Gasteiger partial charge in [-0.05, 0) is 78.7 Å². The van der Waals surface area contributed by atoms with Gasteiger partial charge in [-0.2, -0.15) is 13.2 Å². The van der Waals surface area contributed by atoms with Crippen LogP contribution in [0.5, 0.6) is 17.2 Å². The smallest absolute Gasteiger partial charge is 0.491 e. The van der Waals surface area contributed by atoms with Crippen LogP contribution in [0.1, 0.15) is 33.6 Å². The molecule has 1 saturated heterocycles. The van der Waals surface area contributed by atoms with Gasteiger partial charge in [0.15, 0.2) is 0 Å². The van der Waals surface area contributed by atoms with Gasteiger partial charge < -0.3 is 29.6 Å². The Bertz CT molecular complexity index is 1390. The Morgan fingerprint density at radius 1 is 0.925 bits per heavy atom. The summed E-state index contributed by atoms with van der Waals surface area (Å²) in [4.78, 5) is 37.3. The van der Waals surface area contributed by atoms with Gasteiger partial charge in [-0.3, -0.25) is 4.79 Å². The van der Waals surface area contributed by atoms with Crippen molar-refractivity contribution in [3.8, 4) is 17.2 Å². The van der Waals surface area contributed by atoms with Crippen LogP contribution in [-0.4, -0.2) is 63.5 Å². The second kappa shape index (κ2) is 12.2. The number of nitrogens with one attached hydrogen (secondary N) is 2. The van der Waals surface area contributed by atoms with Crippen molar-refractivity contribution in [2.24, 2.45) is 0 Å². The molecule has 3 aromatic rings. The Morgan fingerprint density at radius 3 is 2.33 bits per heavy atom. The number of alkyl halides is 3. The number of carbonyl (C=O) groups is 3. The van der Waals surface area contributed by atoms with Gasteiger partial charge in [0.2, 0.25) is 0 Å². The Kier molecular flexibility index (Phi) is 8.78. The number of fused-ring (bicyclic) bond motifs is 1. The summed E-state index contributed by atoms with van der Waals surface area (Å²) < 4.78 is 58.1. The quantitative estimate of drug-likeness (QED) is 0.329. The SMILES string of the molecule is COc1ccc2cc(OC)c(C(=O)O[C@@H]3CCCNC[C@H]3NC(=O)c3ccc(OC(=O)C(F)(F)F)cc3)cc2c1. The number of hydrogen-bond acceptors (Lipinski definition) is 8. The lowest BCUT2D eigenvalue weighted by molar-refractivity contribution is -0.189. The largest absolute Gasteiger partial charge is 0.497 e. The third-order valence-electron chi connectivity index (χ3n) is 6.37. The first-order valence-electron chi connectivity index (χ1n) is 12.4. The van der Waals surface area contributed by atoms with E-state index in [9.17, 15) is 27.6 Å².